The smallest absolute Gasteiger partial charge is 0.331 e. The van der Waals surface area contributed by atoms with Crippen LogP contribution in [0.15, 0.2) is 97.1 Å². The van der Waals surface area contributed by atoms with E-state index < -0.39 is 11.9 Å². The first-order chi connectivity index (χ1) is 26.2. The highest BCUT2D eigenvalue weighted by atomic mass is 32.1. The van der Waals surface area contributed by atoms with Gasteiger partial charge in [-0.2, -0.15) is 0 Å². The quantitative estimate of drug-likeness (QED) is 0.0368. The molecule has 4 atom stereocenters. The Morgan fingerprint density at radius 2 is 1.00 bits per heavy atom. The maximum Gasteiger partial charge on any atom is 0.331 e. The van der Waals surface area contributed by atoms with E-state index in [1.165, 1.54) is 20.9 Å². The standard InChI is InChI=1S/C44H58N2O6S2/c1-33(27-39(45)41-21-19-37(53-41)17-9-11-25-49-31-35-13-5-3-6-14-35)29-51-43(47)23-24-44(48)52-30-34(2)28-40(46)42-22-20-38(54-42)18-10-12-26-50-32-36-15-7-4-8-16-36/h3-8,13-16,19-24,33-34,39-40H,9-12,17-18,25-32,45-46H2,1-2H3/b24-23-/t33-,34-,39?,40?/m1/s1. The third-order valence-electron chi connectivity index (χ3n) is 8.93. The summed E-state index contributed by atoms with van der Waals surface area (Å²) in [6, 6.07) is 28.7. The fourth-order valence-electron chi connectivity index (χ4n) is 5.91. The molecule has 0 radical (unpaired) electrons. The van der Waals surface area contributed by atoms with E-state index in [-0.39, 0.29) is 37.1 Å². The first kappa shape index (κ1) is 43.1. The second-order valence-corrected chi connectivity index (χ2v) is 16.5. The molecule has 0 aliphatic carbocycles. The molecule has 0 amide bonds. The molecular formula is C44H58N2O6S2. The number of thiophene rings is 2. The largest absolute Gasteiger partial charge is 0.462 e. The van der Waals surface area contributed by atoms with Gasteiger partial charge in [0.1, 0.15) is 0 Å². The highest BCUT2D eigenvalue weighted by Crippen LogP contribution is 2.29. The van der Waals surface area contributed by atoms with Crippen molar-refractivity contribution in [3.8, 4) is 0 Å². The van der Waals surface area contributed by atoms with E-state index in [1.54, 1.807) is 22.7 Å². The lowest BCUT2D eigenvalue weighted by Gasteiger charge is -2.16. The van der Waals surface area contributed by atoms with Gasteiger partial charge in [0.05, 0.1) is 26.4 Å². The SMILES string of the molecule is C[C@@H](COC(=O)/C=C\C(=O)OC[C@H](C)CC(N)c1ccc(CCCCOCc2ccccc2)s1)CC(N)c1ccc(CCCCOCc2ccccc2)s1. The first-order valence-electron chi connectivity index (χ1n) is 19.2. The van der Waals surface area contributed by atoms with Crippen molar-refractivity contribution in [2.45, 2.75) is 90.5 Å². The summed E-state index contributed by atoms with van der Waals surface area (Å²) in [5.41, 5.74) is 15.4. The predicted octanol–water partition coefficient (Wildman–Crippen LogP) is 9.28. The molecule has 4 rings (SSSR count). The lowest BCUT2D eigenvalue weighted by Crippen LogP contribution is -2.18. The van der Waals surface area contributed by atoms with E-state index in [4.69, 9.17) is 30.4 Å². The first-order valence-corrected chi connectivity index (χ1v) is 20.8. The number of esters is 2. The van der Waals surface area contributed by atoms with E-state index >= 15 is 0 Å². The van der Waals surface area contributed by atoms with Gasteiger partial charge in [0, 0.05) is 57.0 Å². The molecular weight excluding hydrogens is 717 g/mol. The van der Waals surface area contributed by atoms with E-state index in [1.807, 2.05) is 50.2 Å². The average Bonchev–Trinajstić information content (AvgIpc) is 3.86. The monoisotopic (exact) mass is 774 g/mol. The molecule has 8 nitrogen and oxygen atoms in total. The number of nitrogens with two attached hydrogens (primary N) is 2. The number of benzene rings is 2. The molecule has 2 aromatic carbocycles. The number of aryl methyl sites for hydroxylation is 2. The van der Waals surface area contributed by atoms with Crippen LogP contribution in [-0.2, 0) is 54.6 Å². The molecule has 2 unspecified atom stereocenters. The summed E-state index contributed by atoms with van der Waals surface area (Å²) < 4.78 is 22.3. The molecule has 10 heteroatoms. The van der Waals surface area contributed by atoms with Crippen LogP contribution in [0, 0.1) is 11.8 Å². The molecule has 0 aliphatic rings. The third kappa shape index (κ3) is 17.2. The summed E-state index contributed by atoms with van der Waals surface area (Å²) in [7, 11) is 0. The Bertz CT molecular complexity index is 1540. The Morgan fingerprint density at radius 3 is 1.41 bits per heavy atom. The minimum Gasteiger partial charge on any atom is -0.462 e. The fourth-order valence-corrected chi connectivity index (χ4v) is 8.05. The van der Waals surface area contributed by atoms with Crippen LogP contribution in [0.4, 0.5) is 0 Å². The van der Waals surface area contributed by atoms with Crippen molar-refractivity contribution in [1.82, 2.24) is 0 Å². The summed E-state index contributed by atoms with van der Waals surface area (Å²) in [5.74, 6) is -1.04. The van der Waals surface area contributed by atoms with Crippen LogP contribution >= 0.6 is 22.7 Å². The van der Waals surface area contributed by atoms with Gasteiger partial charge in [-0.25, -0.2) is 9.59 Å². The number of unbranched alkanes of at least 4 members (excludes halogenated alkanes) is 2. The second kappa shape index (κ2) is 24.7. The molecule has 0 bridgehead atoms. The minimum atomic E-state index is -0.582. The van der Waals surface area contributed by atoms with E-state index in [2.05, 4.69) is 48.5 Å². The van der Waals surface area contributed by atoms with Crippen LogP contribution in [-0.4, -0.2) is 38.4 Å². The van der Waals surface area contributed by atoms with Gasteiger partial charge in [-0.3, -0.25) is 0 Å². The molecule has 54 heavy (non-hydrogen) atoms. The molecule has 292 valence electrons. The number of carbonyl (C=O) groups is 2. The summed E-state index contributed by atoms with van der Waals surface area (Å²) in [5, 5.41) is 0. The van der Waals surface area contributed by atoms with E-state index in [9.17, 15) is 9.59 Å². The van der Waals surface area contributed by atoms with Gasteiger partial charge in [0.2, 0.25) is 0 Å². The molecule has 2 aromatic heterocycles. The molecule has 4 N–H and O–H groups in total. The molecule has 0 aliphatic heterocycles. The number of carbonyl (C=O) groups excluding carboxylic acids is 2. The normalized spacial score (nSPS) is 13.8. The molecule has 0 fully saturated rings. The van der Waals surface area contributed by atoms with Crippen molar-refractivity contribution in [3.63, 3.8) is 0 Å². The van der Waals surface area contributed by atoms with Gasteiger partial charge in [0.25, 0.3) is 0 Å². The van der Waals surface area contributed by atoms with E-state index in [0.717, 1.165) is 73.6 Å². The van der Waals surface area contributed by atoms with Crippen molar-refractivity contribution < 1.29 is 28.5 Å². The molecule has 4 aromatic rings. The Kier molecular flexibility index (Phi) is 19.7. The minimum absolute atomic E-state index is 0.0610. The Morgan fingerprint density at radius 1 is 0.593 bits per heavy atom. The summed E-state index contributed by atoms with van der Waals surface area (Å²) in [4.78, 5) is 29.5. The third-order valence-corrected chi connectivity index (χ3v) is 11.5. The van der Waals surface area contributed by atoms with Crippen molar-refractivity contribution in [1.29, 1.82) is 0 Å². The van der Waals surface area contributed by atoms with Crippen LogP contribution in [0.1, 0.15) is 95.1 Å². The molecule has 0 saturated carbocycles. The zero-order valence-corrected chi connectivity index (χ0v) is 33.5. The van der Waals surface area contributed by atoms with Gasteiger partial charge in [-0.1, -0.05) is 74.5 Å². The maximum atomic E-state index is 12.3. The van der Waals surface area contributed by atoms with Gasteiger partial charge >= 0.3 is 11.9 Å². The van der Waals surface area contributed by atoms with Crippen molar-refractivity contribution >= 4 is 34.6 Å². The fraction of sp³-hybridized carbons (Fsp3) is 0.455. The van der Waals surface area contributed by atoms with Crippen LogP contribution in [0.2, 0.25) is 0 Å². The van der Waals surface area contributed by atoms with E-state index in [0.29, 0.717) is 26.1 Å². The lowest BCUT2D eigenvalue weighted by molar-refractivity contribution is -0.141. The van der Waals surface area contributed by atoms with Gasteiger partial charge in [-0.15, -0.1) is 22.7 Å². The number of hydrogen-bond donors (Lipinski definition) is 2. The van der Waals surface area contributed by atoms with Crippen LogP contribution in [0.5, 0.6) is 0 Å². The zero-order valence-electron chi connectivity index (χ0n) is 31.9. The van der Waals surface area contributed by atoms with Gasteiger partial charge < -0.3 is 30.4 Å². The average molecular weight is 775 g/mol. The van der Waals surface area contributed by atoms with Crippen LogP contribution in [0.25, 0.3) is 0 Å². The molecule has 0 saturated heterocycles. The molecule has 0 spiro atoms. The number of ether oxygens (including phenoxy) is 4. The summed E-state index contributed by atoms with van der Waals surface area (Å²) in [6.45, 7) is 7.24. The highest BCUT2D eigenvalue weighted by Gasteiger charge is 2.17. The summed E-state index contributed by atoms with van der Waals surface area (Å²) in [6.07, 6.45) is 9.77. The Hall–Kier alpha value is -3.64. The zero-order chi connectivity index (χ0) is 38.4. The van der Waals surface area contributed by atoms with Gasteiger partial charge in [-0.05, 0) is 98.6 Å². The second-order valence-electron chi connectivity index (χ2n) is 14.1. The van der Waals surface area contributed by atoms with Crippen molar-refractivity contribution in [2.75, 3.05) is 26.4 Å². The Balaban J connectivity index is 1.02. The van der Waals surface area contributed by atoms with Gasteiger partial charge in [0.15, 0.2) is 0 Å². The highest BCUT2D eigenvalue weighted by molar-refractivity contribution is 7.12. The summed E-state index contributed by atoms with van der Waals surface area (Å²) >= 11 is 3.49. The van der Waals surface area contributed by atoms with Crippen LogP contribution in [0.3, 0.4) is 0 Å². The number of hydrogen-bond acceptors (Lipinski definition) is 10. The molecule has 2 heterocycles. The van der Waals surface area contributed by atoms with Crippen LogP contribution < -0.4 is 11.5 Å². The van der Waals surface area contributed by atoms with Crippen molar-refractivity contribution in [2.24, 2.45) is 23.3 Å². The number of rotatable bonds is 26. The Labute approximate surface area is 329 Å². The predicted molar refractivity (Wildman–Crippen MR) is 219 cm³/mol. The topological polar surface area (TPSA) is 123 Å². The lowest BCUT2D eigenvalue weighted by atomic mass is 10.0. The van der Waals surface area contributed by atoms with Crippen molar-refractivity contribution in [3.05, 3.63) is 128 Å². The maximum absolute atomic E-state index is 12.3.